The lowest BCUT2D eigenvalue weighted by atomic mass is 9.98. The van der Waals surface area contributed by atoms with Crippen molar-refractivity contribution in [2.75, 3.05) is 0 Å². The Labute approximate surface area is 79.3 Å². The summed E-state index contributed by atoms with van der Waals surface area (Å²) in [4.78, 5) is 0. The third-order valence-electron chi connectivity index (χ3n) is 2.35. The highest BCUT2D eigenvalue weighted by molar-refractivity contribution is 5.62. The number of hydrogen-bond acceptors (Lipinski definition) is 0. The number of hydrogen-bond donors (Lipinski definition) is 0. The van der Waals surface area contributed by atoms with Crippen LogP contribution >= 0.6 is 0 Å². The standard InChI is InChI=1S/C13H11/c1-2-3-6-11-9-10-12-7-4-5-8-13(11)12/h4-5,7-11H,1,6H2. The third kappa shape index (κ3) is 1.51. The van der Waals surface area contributed by atoms with Gasteiger partial charge in [0.1, 0.15) is 0 Å². The lowest BCUT2D eigenvalue weighted by molar-refractivity contribution is 0.900. The van der Waals surface area contributed by atoms with Gasteiger partial charge in [-0.25, -0.2) is 0 Å². The van der Waals surface area contributed by atoms with Crippen LogP contribution in [0.2, 0.25) is 0 Å². The van der Waals surface area contributed by atoms with Crippen molar-refractivity contribution >= 4 is 6.08 Å². The Morgan fingerprint density at radius 2 is 2.15 bits per heavy atom. The molecular weight excluding hydrogens is 156 g/mol. The maximum atomic E-state index is 3.52. The maximum absolute atomic E-state index is 3.52. The van der Waals surface area contributed by atoms with Gasteiger partial charge < -0.3 is 0 Å². The van der Waals surface area contributed by atoms with Gasteiger partial charge in [-0.2, -0.15) is 0 Å². The first-order valence-electron chi connectivity index (χ1n) is 4.44. The van der Waals surface area contributed by atoms with Crippen molar-refractivity contribution in [3.63, 3.8) is 0 Å². The molecule has 0 heterocycles. The summed E-state index contributed by atoms with van der Waals surface area (Å²) in [5.74, 6) is 6.19. The fourth-order valence-electron chi connectivity index (χ4n) is 1.68. The largest absolute Gasteiger partial charge is 0.102 e. The van der Waals surface area contributed by atoms with Crippen molar-refractivity contribution in [1.82, 2.24) is 0 Å². The quantitative estimate of drug-likeness (QED) is 0.564. The second-order valence-corrected chi connectivity index (χ2v) is 3.15. The van der Waals surface area contributed by atoms with E-state index in [-0.39, 0.29) is 0 Å². The normalized spacial score (nSPS) is 17.8. The Morgan fingerprint density at radius 1 is 1.31 bits per heavy atom. The number of rotatable bonds is 1. The molecule has 1 aromatic carbocycles. The highest BCUT2D eigenvalue weighted by Crippen LogP contribution is 2.31. The van der Waals surface area contributed by atoms with Crippen LogP contribution in [-0.4, -0.2) is 0 Å². The van der Waals surface area contributed by atoms with Crippen LogP contribution in [-0.2, 0) is 0 Å². The van der Waals surface area contributed by atoms with E-state index < -0.39 is 0 Å². The number of allylic oxidation sites excluding steroid dienone is 1. The molecule has 2 rings (SSSR count). The van der Waals surface area contributed by atoms with Crippen LogP contribution in [0.15, 0.2) is 30.3 Å². The lowest BCUT2D eigenvalue weighted by Crippen LogP contribution is -1.90. The lowest BCUT2D eigenvalue weighted by Gasteiger charge is -2.05. The Morgan fingerprint density at radius 3 is 3.00 bits per heavy atom. The van der Waals surface area contributed by atoms with Crippen molar-refractivity contribution in [2.45, 2.75) is 12.3 Å². The molecule has 63 valence electrons. The molecule has 1 atom stereocenters. The molecule has 0 aliphatic heterocycles. The molecule has 1 aromatic rings. The summed E-state index contributed by atoms with van der Waals surface area (Å²) in [5.41, 5.74) is 2.73. The van der Waals surface area contributed by atoms with Crippen LogP contribution < -0.4 is 0 Å². The third-order valence-corrected chi connectivity index (χ3v) is 2.35. The molecule has 0 heteroatoms. The van der Waals surface area contributed by atoms with Gasteiger partial charge in [0, 0.05) is 19.3 Å². The minimum atomic E-state index is 0.477. The minimum absolute atomic E-state index is 0.477. The highest BCUT2D eigenvalue weighted by atomic mass is 14.2. The molecule has 0 aromatic heterocycles. The molecule has 13 heavy (non-hydrogen) atoms. The van der Waals surface area contributed by atoms with Gasteiger partial charge in [0.25, 0.3) is 0 Å². The second-order valence-electron chi connectivity index (χ2n) is 3.15. The summed E-state index contributed by atoms with van der Waals surface area (Å²) in [5, 5.41) is 0. The van der Waals surface area contributed by atoms with Gasteiger partial charge in [0.2, 0.25) is 0 Å². The smallest absolute Gasteiger partial charge is 0.0198 e. The average Bonchev–Trinajstić information content (AvgIpc) is 2.58. The molecule has 1 unspecified atom stereocenters. The predicted molar refractivity (Wildman–Crippen MR) is 56.0 cm³/mol. The van der Waals surface area contributed by atoms with Gasteiger partial charge in [-0.05, 0) is 11.1 Å². The zero-order chi connectivity index (χ0) is 9.10. The van der Waals surface area contributed by atoms with Gasteiger partial charge in [0.15, 0.2) is 0 Å². The van der Waals surface area contributed by atoms with Crippen LogP contribution in [0.5, 0.6) is 0 Å². The van der Waals surface area contributed by atoms with Crippen molar-refractivity contribution in [1.29, 1.82) is 0 Å². The highest BCUT2D eigenvalue weighted by Gasteiger charge is 2.14. The topological polar surface area (TPSA) is 0 Å². The van der Waals surface area contributed by atoms with E-state index in [0.29, 0.717) is 5.92 Å². The fraction of sp³-hybridized carbons (Fsp3) is 0.154. The average molecular weight is 167 g/mol. The second kappa shape index (κ2) is 3.49. The summed E-state index contributed by atoms with van der Waals surface area (Å²) < 4.78 is 0. The Bertz CT molecular complexity index is 388. The van der Waals surface area contributed by atoms with Gasteiger partial charge in [0.05, 0.1) is 0 Å². The van der Waals surface area contributed by atoms with Crippen LogP contribution in [0.1, 0.15) is 23.5 Å². The molecule has 1 aliphatic carbocycles. The van der Waals surface area contributed by atoms with Crippen LogP contribution in [0.25, 0.3) is 6.08 Å². The molecular formula is C13H11. The zero-order valence-corrected chi connectivity index (χ0v) is 7.46. The van der Waals surface area contributed by atoms with E-state index in [2.05, 4.69) is 55.2 Å². The Kier molecular flexibility index (Phi) is 2.19. The van der Waals surface area contributed by atoms with Crippen molar-refractivity contribution in [2.24, 2.45) is 0 Å². The molecule has 0 spiro atoms. The van der Waals surface area contributed by atoms with E-state index in [4.69, 9.17) is 0 Å². The first kappa shape index (κ1) is 8.13. The van der Waals surface area contributed by atoms with E-state index in [1.54, 1.807) is 0 Å². The molecule has 0 saturated carbocycles. The summed E-state index contributed by atoms with van der Waals surface area (Å²) in [7, 11) is 0. The monoisotopic (exact) mass is 167 g/mol. The first-order valence-corrected chi connectivity index (χ1v) is 4.44. The zero-order valence-electron chi connectivity index (χ0n) is 7.46. The summed E-state index contributed by atoms with van der Waals surface area (Å²) in [6.07, 6.45) is 5.27. The van der Waals surface area contributed by atoms with Crippen molar-refractivity contribution in [3.8, 4) is 11.8 Å². The SMILES string of the molecule is [CH2]C#CCC1C=Cc2ccccc21. The van der Waals surface area contributed by atoms with Crippen LogP contribution in [0, 0.1) is 18.8 Å². The van der Waals surface area contributed by atoms with E-state index in [1.165, 1.54) is 11.1 Å². The fourth-order valence-corrected chi connectivity index (χ4v) is 1.68. The predicted octanol–water partition coefficient (Wildman–Crippen LogP) is 3.02. The molecule has 0 nitrogen and oxygen atoms in total. The van der Waals surface area contributed by atoms with Crippen molar-refractivity contribution < 1.29 is 0 Å². The van der Waals surface area contributed by atoms with E-state index >= 15 is 0 Å². The molecule has 0 fully saturated rings. The minimum Gasteiger partial charge on any atom is -0.102 e. The van der Waals surface area contributed by atoms with Gasteiger partial charge in [-0.15, -0.1) is 11.8 Å². The molecule has 0 saturated heterocycles. The van der Waals surface area contributed by atoms with Gasteiger partial charge >= 0.3 is 0 Å². The van der Waals surface area contributed by atoms with Gasteiger partial charge in [-0.1, -0.05) is 36.4 Å². The Balaban J connectivity index is 2.26. The summed E-state index contributed by atoms with van der Waals surface area (Å²) in [6.45, 7) is 3.52. The first-order chi connectivity index (χ1) is 6.42. The van der Waals surface area contributed by atoms with Gasteiger partial charge in [-0.3, -0.25) is 0 Å². The maximum Gasteiger partial charge on any atom is 0.0198 e. The molecule has 0 amide bonds. The van der Waals surface area contributed by atoms with Crippen LogP contribution in [0.3, 0.4) is 0 Å². The molecule has 0 N–H and O–H groups in total. The molecule has 1 aliphatic rings. The van der Waals surface area contributed by atoms with E-state index in [9.17, 15) is 0 Å². The van der Waals surface area contributed by atoms with Crippen molar-refractivity contribution in [3.05, 3.63) is 48.4 Å². The number of fused-ring (bicyclic) bond motifs is 1. The Hall–Kier alpha value is -1.48. The molecule has 1 radical (unpaired) electrons. The number of benzene rings is 1. The molecule has 0 bridgehead atoms. The van der Waals surface area contributed by atoms with E-state index in [1.807, 2.05) is 0 Å². The van der Waals surface area contributed by atoms with E-state index in [0.717, 1.165) is 6.42 Å². The summed E-state index contributed by atoms with van der Waals surface area (Å²) in [6, 6.07) is 8.46. The van der Waals surface area contributed by atoms with Crippen LogP contribution in [0.4, 0.5) is 0 Å². The summed E-state index contributed by atoms with van der Waals surface area (Å²) >= 11 is 0.